The van der Waals surface area contributed by atoms with Gasteiger partial charge in [0.05, 0.1) is 17.4 Å². The van der Waals surface area contributed by atoms with Crippen LogP contribution in [0, 0.1) is 6.92 Å². The molecule has 0 aliphatic heterocycles. The van der Waals surface area contributed by atoms with Crippen molar-refractivity contribution < 1.29 is 4.79 Å². The molecule has 4 heterocycles. The third-order valence-electron chi connectivity index (χ3n) is 5.87. The number of nitrogens with one attached hydrogen (secondary N) is 1. The third-order valence-corrected chi connectivity index (χ3v) is 6.06. The fourth-order valence-corrected chi connectivity index (χ4v) is 4.21. The number of hydrogen-bond acceptors (Lipinski definition) is 7. The van der Waals surface area contributed by atoms with Crippen LogP contribution in [0.25, 0.3) is 22.6 Å². The molecular formula is C25H25ClN8O. The van der Waals surface area contributed by atoms with Gasteiger partial charge in [0, 0.05) is 36.1 Å². The van der Waals surface area contributed by atoms with Crippen LogP contribution in [0.2, 0.25) is 5.15 Å². The van der Waals surface area contributed by atoms with Crippen molar-refractivity contribution in [3.8, 4) is 22.6 Å². The van der Waals surface area contributed by atoms with Crippen LogP contribution in [-0.2, 0) is 7.05 Å². The first-order chi connectivity index (χ1) is 16.8. The van der Waals surface area contributed by atoms with Crippen molar-refractivity contribution in [1.82, 2.24) is 35.0 Å². The number of carbonyl (C=O) groups is 1. The standard InChI is InChI=1S/C25H25ClN8O/c1-13-11-16(12-20(26)28-13)21-22(19-9-10-34(3)33-19)32-24(27)23(31-21)25(35)29-14(2)17-5-4-6-18(30-17)15-7-8-15/h4-6,9-12,14-15H,7-8H2,1-3H3,(H2,27,32)(H,29,35)/t14-/m1/s1. The highest BCUT2D eigenvalue weighted by atomic mass is 35.5. The molecule has 0 saturated heterocycles. The Balaban J connectivity index is 1.52. The van der Waals surface area contributed by atoms with E-state index in [0.717, 1.165) is 24.2 Å². The molecule has 1 amide bonds. The van der Waals surface area contributed by atoms with E-state index in [-0.39, 0.29) is 17.6 Å². The molecule has 4 aromatic heterocycles. The van der Waals surface area contributed by atoms with Crippen molar-refractivity contribution >= 4 is 23.3 Å². The molecule has 1 saturated carbocycles. The molecule has 0 spiro atoms. The van der Waals surface area contributed by atoms with E-state index in [2.05, 4.69) is 25.4 Å². The molecule has 5 rings (SSSR count). The molecule has 3 N–H and O–H groups in total. The minimum absolute atomic E-state index is 0.00988. The number of nitrogens with two attached hydrogens (primary N) is 1. The summed E-state index contributed by atoms with van der Waals surface area (Å²) in [5, 5.41) is 7.72. The van der Waals surface area contributed by atoms with Gasteiger partial charge in [-0.1, -0.05) is 17.7 Å². The molecule has 9 nitrogen and oxygen atoms in total. The van der Waals surface area contributed by atoms with Gasteiger partial charge in [-0.05, 0) is 57.0 Å². The lowest BCUT2D eigenvalue weighted by Gasteiger charge is -2.16. The van der Waals surface area contributed by atoms with Crippen LogP contribution in [-0.4, -0.2) is 35.6 Å². The molecule has 1 aliphatic rings. The van der Waals surface area contributed by atoms with Crippen LogP contribution in [0.4, 0.5) is 5.82 Å². The van der Waals surface area contributed by atoms with Gasteiger partial charge in [-0.3, -0.25) is 14.5 Å². The summed E-state index contributed by atoms with van der Waals surface area (Å²) in [5.41, 5.74) is 11.0. The first-order valence-corrected chi connectivity index (χ1v) is 11.8. The summed E-state index contributed by atoms with van der Waals surface area (Å²) in [4.78, 5) is 31.4. The second-order valence-electron chi connectivity index (χ2n) is 8.81. The Labute approximate surface area is 207 Å². The molecule has 0 unspecified atom stereocenters. The van der Waals surface area contributed by atoms with Crippen molar-refractivity contribution in [2.24, 2.45) is 7.05 Å². The maximum absolute atomic E-state index is 13.3. The number of nitrogens with zero attached hydrogens (tertiary/aromatic N) is 6. The topological polar surface area (TPSA) is 124 Å². The highest BCUT2D eigenvalue weighted by Crippen LogP contribution is 2.39. The van der Waals surface area contributed by atoms with E-state index in [1.165, 1.54) is 0 Å². The molecule has 10 heteroatoms. The van der Waals surface area contributed by atoms with Gasteiger partial charge in [0.25, 0.3) is 5.91 Å². The monoisotopic (exact) mass is 488 g/mol. The Morgan fingerprint density at radius 2 is 1.94 bits per heavy atom. The van der Waals surface area contributed by atoms with E-state index in [1.807, 2.05) is 51.2 Å². The fourth-order valence-electron chi connectivity index (χ4n) is 3.96. The second kappa shape index (κ2) is 9.07. The Hall–Kier alpha value is -3.85. The molecule has 1 fully saturated rings. The minimum atomic E-state index is -0.438. The lowest BCUT2D eigenvalue weighted by atomic mass is 10.1. The average Bonchev–Trinajstić information content (AvgIpc) is 3.58. The Bertz CT molecular complexity index is 1410. The normalized spacial score (nSPS) is 14.1. The minimum Gasteiger partial charge on any atom is -0.382 e. The number of rotatable bonds is 6. The highest BCUT2D eigenvalue weighted by molar-refractivity contribution is 6.29. The van der Waals surface area contributed by atoms with Crippen LogP contribution in [0.3, 0.4) is 0 Å². The number of amides is 1. The summed E-state index contributed by atoms with van der Waals surface area (Å²) in [6.07, 6.45) is 4.12. The third kappa shape index (κ3) is 4.85. The number of halogens is 1. The Kier molecular flexibility index (Phi) is 5.94. The van der Waals surface area contributed by atoms with Crippen molar-refractivity contribution in [3.05, 3.63) is 70.5 Å². The number of aromatic nitrogens is 6. The smallest absolute Gasteiger partial charge is 0.274 e. The molecule has 4 aromatic rings. The van der Waals surface area contributed by atoms with Crippen LogP contribution in [0.15, 0.2) is 42.6 Å². The molecule has 178 valence electrons. The number of anilines is 1. The first-order valence-electron chi connectivity index (χ1n) is 11.4. The molecule has 35 heavy (non-hydrogen) atoms. The van der Waals surface area contributed by atoms with E-state index in [1.54, 1.807) is 16.9 Å². The zero-order valence-corrected chi connectivity index (χ0v) is 20.4. The lowest BCUT2D eigenvalue weighted by molar-refractivity contribution is 0.0935. The number of aryl methyl sites for hydroxylation is 2. The molecule has 0 aromatic carbocycles. The number of pyridine rings is 2. The largest absolute Gasteiger partial charge is 0.382 e. The summed E-state index contributed by atoms with van der Waals surface area (Å²) in [7, 11) is 1.81. The number of carbonyl (C=O) groups excluding carboxylic acids is 1. The molecule has 0 bridgehead atoms. The summed E-state index contributed by atoms with van der Waals surface area (Å²) >= 11 is 6.22. The summed E-state index contributed by atoms with van der Waals surface area (Å²) in [5.74, 6) is 0.0965. The zero-order valence-electron chi connectivity index (χ0n) is 19.7. The van der Waals surface area contributed by atoms with Gasteiger partial charge in [-0.15, -0.1) is 0 Å². The Morgan fingerprint density at radius 3 is 2.63 bits per heavy atom. The number of hydrogen-bond donors (Lipinski definition) is 2. The van der Waals surface area contributed by atoms with Crippen LogP contribution in [0.1, 0.15) is 59.3 Å². The summed E-state index contributed by atoms with van der Waals surface area (Å²) < 4.78 is 1.66. The maximum atomic E-state index is 13.3. The maximum Gasteiger partial charge on any atom is 0.274 e. The second-order valence-corrected chi connectivity index (χ2v) is 9.19. The van der Waals surface area contributed by atoms with Crippen molar-refractivity contribution in [2.45, 2.75) is 38.6 Å². The van der Waals surface area contributed by atoms with Gasteiger partial charge in [0.15, 0.2) is 11.5 Å². The van der Waals surface area contributed by atoms with Crippen LogP contribution < -0.4 is 11.1 Å². The summed E-state index contributed by atoms with van der Waals surface area (Å²) in [6, 6.07) is 10.9. The Morgan fingerprint density at radius 1 is 1.14 bits per heavy atom. The van der Waals surface area contributed by atoms with Crippen molar-refractivity contribution in [1.29, 1.82) is 0 Å². The number of nitrogen functional groups attached to an aromatic ring is 1. The average molecular weight is 489 g/mol. The quantitative estimate of drug-likeness (QED) is 0.389. The molecular weight excluding hydrogens is 464 g/mol. The zero-order chi connectivity index (χ0) is 24.7. The van der Waals surface area contributed by atoms with Gasteiger partial charge >= 0.3 is 0 Å². The highest BCUT2D eigenvalue weighted by Gasteiger charge is 2.26. The van der Waals surface area contributed by atoms with Crippen molar-refractivity contribution in [2.75, 3.05) is 5.73 Å². The van der Waals surface area contributed by atoms with Gasteiger partial charge in [-0.2, -0.15) is 5.10 Å². The molecule has 0 radical (unpaired) electrons. The molecule has 1 aliphatic carbocycles. The fraction of sp³-hybridized carbons (Fsp3) is 0.280. The SMILES string of the molecule is Cc1cc(-c2nc(C(=O)N[C@H](C)c3cccc(C4CC4)n3)c(N)nc2-c2ccn(C)n2)cc(Cl)n1. The predicted octanol–water partition coefficient (Wildman–Crippen LogP) is 4.25. The van der Waals surface area contributed by atoms with E-state index in [4.69, 9.17) is 22.3 Å². The molecule has 1 atom stereocenters. The first kappa shape index (κ1) is 22.9. The summed E-state index contributed by atoms with van der Waals surface area (Å²) in [6.45, 7) is 3.72. The van der Waals surface area contributed by atoms with E-state index in [0.29, 0.717) is 39.4 Å². The van der Waals surface area contributed by atoms with Crippen molar-refractivity contribution in [3.63, 3.8) is 0 Å². The van der Waals surface area contributed by atoms with Gasteiger partial charge in [0.1, 0.15) is 16.5 Å². The van der Waals surface area contributed by atoms with Gasteiger partial charge < -0.3 is 11.1 Å². The van der Waals surface area contributed by atoms with Crippen LogP contribution in [0.5, 0.6) is 0 Å². The van der Waals surface area contributed by atoms with E-state index in [9.17, 15) is 4.79 Å². The predicted molar refractivity (Wildman–Crippen MR) is 134 cm³/mol. The van der Waals surface area contributed by atoms with Gasteiger partial charge in [-0.25, -0.2) is 15.0 Å². The van der Waals surface area contributed by atoms with Crippen LogP contribution >= 0.6 is 11.6 Å². The van der Waals surface area contributed by atoms with E-state index >= 15 is 0 Å². The van der Waals surface area contributed by atoms with Gasteiger partial charge in [0.2, 0.25) is 0 Å². The van der Waals surface area contributed by atoms with E-state index < -0.39 is 5.91 Å². The lowest BCUT2D eigenvalue weighted by Crippen LogP contribution is -2.29.